The van der Waals surface area contributed by atoms with Gasteiger partial charge in [-0.1, -0.05) is 57.2 Å². The fraction of sp³-hybridized carbons (Fsp3) is 0.333. The van der Waals surface area contributed by atoms with Gasteiger partial charge < -0.3 is 25.7 Å². The lowest BCUT2D eigenvalue weighted by molar-refractivity contribution is -0.124. The lowest BCUT2D eigenvalue weighted by Gasteiger charge is -2.38. The van der Waals surface area contributed by atoms with Gasteiger partial charge in [-0.15, -0.1) is 0 Å². The zero-order valence-corrected chi connectivity index (χ0v) is 18.4. The molecule has 4 N–H and O–H groups in total. The Morgan fingerprint density at radius 2 is 1.71 bits per heavy atom. The fourth-order valence-corrected chi connectivity index (χ4v) is 3.53. The molecule has 0 aromatic heterocycles. The van der Waals surface area contributed by atoms with Gasteiger partial charge in [-0.05, 0) is 23.1 Å². The van der Waals surface area contributed by atoms with Crippen molar-refractivity contribution in [3.63, 3.8) is 0 Å². The number of aliphatic hydroxyl groups is 1. The molecule has 0 saturated heterocycles. The van der Waals surface area contributed by atoms with Gasteiger partial charge in [-0.3, -0.25) is 9.59 Å². The molecule has 2 aromatic carbocycles. The first-order chi connectivity index (χ1) is 14.5. The summed E-state index contributed by atoms with van der Waals surface area (Å²) in [5, 5.41) is 27.1. The summed E-state index contributed by atoms with van der Waals surface area (Å²) in [6, 6.07) is 14.3. The number of aliphatic hydroxyl groups excluding tert-OH is 1. The van der Waals surface area contributed by atoms with Gasteiger partial charge in [0.2, 0.25) is 5.78 Å². The van der Waals surface area contributed by atoms with Gasteiger partial charge in [0.1, 0.15) is 5.70 Å². The number of phenolic OH excluding ortho intramolecular Hbond substituents is 1. The van der Waals surface area contributed by atoms with Crippen molar-refractivity contribution < 1.29 is 19.8 Å². The molecule has 0 heterocycles. The highest BCUT2D eigenvalue weighted by Gasteiger charge is 2.41. The number of nitrogens with zero attached hydrogens (tertiary/aromatic N) is 1. The molecule has 1 unspecified atom stereocenters. The minimum absolute atomic E-state index is 0.120. The number of rotatable bonds is 6. The van der Waals surface area contributed by atoms with E-state index in [-0.39, 0.29) is 40.1 Å². The first-order valence-corrected chi connectivity index (χ1v) is 10.1. The Balaban J connectivity index is 1.95. The molecule has 0 bridgehead atoms. The third-order valence-electron chi connectivity index (χ3n) is 5.27. The van der Waals surface area contributed by atoms with E-state index in [0.29, 0.717) is 5.70 Å². The van der Waals surface area contributed by atoms with E-state index in [0.717, 1.165) is 5.56 Å². The van der Waals surface area contributed by atoms with Crippen LogP contribution >= 0.6 is 0 Å². The van der Waals surface area contributed by atoms with Crippen molar-refractivity contribution in [2.24, 2.45) is 5.41 Å². The number of nitrogens with one attached hydrogen (secondary N) is 2. The largest absolute Gasteiger partial charge is 0.505 e. The molecular formula is C24H29N3O4. The minimum Gasteiger partial charge on any atom is -0.505 e. The number of Topliss-reactive ketones (excluding diaryl/α,β-unsaturated/α-hetero) is 1. The normalized spacial score (nSPS) is 17.1. The number of carbonyl (C=O) groups excluding carboxylic acids is 2. The van der Waals surface area contributed by atoms with Crippen molar-refractivity contribution in [2.75, 3.05) is 19.4 Å². The van der Waals surface area contributed by atoms with Crippen LogP contribution < -0.4 is 10.6 Å². The van der Waals surface area contributed by atoms with Crippen molar-refractivity contribution in [2.45, 2.75) is 32.9 Å². The van der Waals surface area contributed by atoms with E-state index in [4.69, 9.17) is 0 Å². The van der Waals surface area contributed by atoms with Crippen molar-refractivity contribution in [3.05, 3.63) is 71.1 Å². The Labute approximate surface area is 182 Å². The molecule has 2 atom stereocenters. The van der Waals surface area contributed by atoms with E-state index in [1.807, 2.05) is 30.3 Å². The van der Waals surface area contributed by atoms with E-state index in [2.05, 4.69) is 31.4 Å². The van der Waals surface area contributed by atoms with Crippen LogP contribution in [0.5, 0.6) is 5.75 Å². The fourth-order valence-electron chi connectivity index (χ4n) is 3.53. The van der Waals surface area contributed by atoms with Gasteiger partial charge in [0.25, 0.3) is 5.91 Å². The summed E-state index contributed by atoms with van der Waals surface area (Å²) in [5.74, 6) is -1.09. The van der Waals surface area contributed by atoms with E-state index < -0.39 is 11.9 Å². The molecule has 7 nitrogen and oxygen atoms in total. The lowest BCUT2D eigenvalue weighted by Crippen LogP contribution is -2.48. The SMILES string of the molecule is CN(C)C(=O)c1cccc(NC2=C(N[C@@H](c3ccccc3)C(C)(C)C)C(O)C2=O)c1O. The van der Waals surface area contributed by atoms with E-state index in [1.54, 1.807) is 26.2 Å². The molecule has 31 heavy (non-hydrogen) atoms. The molecule has 7 heteroatoms. The molecule has 0 aliphatic heterocycles. The summed E-state index contributed by atoms with van der Waals surface area (Å²) in [5.41, 5.74) is 1.68. The van der Waals surface area contributed by atoms with Crippen LogP contribution in [0, 0.1) is 5.41 Å². The van der Waals surface area contributed by atoms with Crippen LogP contribution in [-0.4, -0.2) is 47.0 Å². The van der Waals surface area contributed by atoms with Crippen LogP contribution in [0.25, 0.3) is 0 Å². The Kier molecular flexibility index (Phi) is 6.08. The summed E-state index contributed by atoms with van der Waals surface area (Å²) in [6.07, 6.45) is -1.27. The Morgan fingerprint density at radius 1 is 1.06 bits per heavy atom. The Bertz CT molecular complexity index is 1020. The molecule has 0 saturated carbocycles. The topological polar surface area (TPSA) is 102 Å². The number of para-hydroxylation sites is 1. The van der Waals surface area contributed by atoms with Gasteiger partial charge >= 0.3 is 0 Å². The van der Waals surface area contributed by atoms with Gasteiger partial charge in [0.15, 0.2) is 11.9 Å². The first kappa shape index (κ1) is 22.4. The quantitative estimate of drug-likeness (QED) is 0.533. The average Bonchev–Trinajstić information content (AvgIpc) is 2.73. The van der Waals surface area contributed by atoms with E-state index in [9.17, 15) is 19.8 Å². The summed E-state index contributed by atoms with van der Waals surface area (Å²) in [7, 11) is 3.18. The highest BCUT2D eigenvalue weighted by atomic mass is 16.3. The highest BCUT2D eigenvalue weighted by molar-refractivity contribution is 6.11. The molecule has 1 aliphatic carbocycles. The number of carbonyl (C=O) groups is 2. The van der Waals surface area contributed by atoms with Gasteiger partial charge in [-0.2, -0.15) is 0 Å². The molecule has 0 radical (unpaired) electrons. The molecule has 1 amide bonds. The van der Waals surface area contributed by atoms with Crippen LogP contribution in [0.3, 0.4) is 0 Å². The third kappa shape index (κ3) is 4.41. The van der Waals surface area contributed by atoms with Crippen molar-refractivity contribution in [3.8, 4) is 5.75 Å². The summed E-state index contributed by atoms with van der Waals surface area (Å²) >= 11 is 0. The molecule has 2 aromatic rings. The van der Waals surface area contributed by atoms with E-state index in [1.165, 1.54) is 11.0 Å². The van der Waals surface area contributed by atoms with Crippen molar-refractivity contribution >= 4 is 17.4 Å². The maximum atomic E-state index is 12.4. The molecule has 1 aliphatic rings. The second-order valence-electron chi connectivity index (χ2n) is 8.94. The smallest absolute Gasteiger partial charge is 0.257 e. The number of amides is 1. The maximum Gasteiger partial charge on any atom is 0.257 e. The summed E-state index contributed by atoms with van der Waals surface area (Å²) in [4.78, 5) is 26.1. The van der Waals surface area contributed by atoms with E-state index >= 15 is 0 Å². The number of aromatic hydroxyl groups is 1. The number of anilines is 1. The Hall–Kier alpha value is -3.32. The maximum absolute atomic E-state index is 12.4. The number of hydrogen-bond acceptors (Lipinski definition) is 6. The predicted molar refractivity (Wildman–Crippen MR) is 120 cm³/mol. The molecule has 0 fully saturated rings. The second kappa shape index (κ2) is 8.43. The van der Waals surface area contributed by atoms with Crippen molar-refractivity contribution in [1.29, 1.82) is 0 Å². The number of hydrogen-bond donors (Lipinski definition) is 4. The highest BCUT2D eigenvalue weighted by Crippen LogP contribution is 2.37. The number of ketones is 1. The summed E-state index contributed by atoms with van der Waals surface area (Å²) in [6.45, 7) is 6.21. The van der Waals surface area contributed by atoms with Gasteiger partial charge in [0.05, 0.1) is 23.0 Å². The molecule has 164 valence electrons. The zero-order chi connectivity index (χ0) is 22.9. The number of phenols is 1. The molecule has 3 rings (SSSR count). The van der Waals surface area contributed by atoms with Crippen LogP contribution in [-0.2, 0) is 4.79 Å². The second-order valence-corrected chi connectivity index (χ2v) is 8.94. The third-order valence-corrected chi connectivity index (χ3v) is 5.27. The monoisotopic (exact) mass is 423 g/mol. The first-order valence-electron chi connectivity index (χ1n) is 10.1. The average molecular weight is 424 g/mol. The van der Waals surface area contributed by atoms with Crippen LogP contribution in [0.4, 0.5) is 5.69 Å². The van der Waals surface area contributed by atoms with Gasteiger partial charge in [-0.25, -0.2) is 0 Å². The molecule has 0 spiro atoms. The van der Waals surface area contributed by atoms with Gasteiger partial charge in [0, 0.05) is 14.1 Å². The lowest BCUT2D eigenvalue weighted by atomic mass is 9.81. The minimum atomic E-state index is -1.27. The zero-order valence-electron chi connectivity index (χ0n) is 18.4. The van der Waals surface area contributed by atoms with Crippen LogP contribution in [0.15, 0.2) is 59.9 Å². The van der Waals surface area contributed by atoms with Crippen LogP contribution in [0.2, 0.25) is 0 Å². The summed E-state index contributed by atoms with van der Waals surface area (Å²) < 4.78 is 0. The van der Waals surface area contributed by atoms with Crippen molar-refractivity contribution in [1.82, 2.24) is 10.2 Å². The Morgan fingerprint density at radius 3 is 2.29 bits per heavy atom. The number of benzene rings is 2. The standard InChI is InChI=1S/C24H29N3O4/c1-24(2,3)22(14-10-7-6-8-11-14)26-18-17(20(29)21(18)30)25-16-13-9-12-15(19(16)28)23(31)27(4)5/h6-13,21-22,25-26,28,30H,1-5H3/t21?,22-/m0/s1. The predicted octanol–water partition coefficient (Wildman–Crippen LogP) is 3.04. The molecular weight excluding hydrogens is 394 g/mol. The van der Waals surface area contributed by atoms with Crippen LogP contribution in [0.1, 0.15) is 42.7 Å².